The molecular formula is C15H18ClN5O. The zero-order chi connectivity index (χ0) is 15.6. The number of halogens is 1. The van der Waals surface area contributed by atoms with Crippen LogP contribution in [0.2, 0.25) is 5.02 Å². The first kappa shape index (κ1) is 16.0. The number of pyridine rings is 2. The van der Waals surface area contributed by atoms with Crippen LogP contribution in [0.1, 0.15) is 5.69 Å². The van der Waals surface area contributed by atoms with E-state index in [2.05, 4.69) is 20.3 Å². The molecule has 0 amide bonds. The normalized spacial score (nSPS) is 11.2. The maximum Gasteiger partial charge on any atom is 0.213 e. The molecule has 0 bridgehead atoms. The summed E-state index contributed by atoms with van der Waals surface area (Å²) in [5, 5.41) is 3.56. The molecule has 0 saturated heterocycles. The summed E-state index contributed by atoms with van der Waals surface area (Å²) in [5.74, 6) is 0.917. The van der Waals surface area contributed by atoms with Gasteiger partial charge in [-0.1, -0.05) is 17.7 Å². The Hall–Kier alpha value is -2.34. The van der Waals surface area contributed by atoms with Gasteiger partial charge in [0.2, 0.25) is 5.88 Å². The SMILES string of the molecule is NC(=NCCc1ccccn1)NCCOc1ccc(Cl)cn1. The Bertz CT molecular complexity index is 589. The molecule has 7 heteroatoms. The minimum absolute atomic E-state index is 0.392. The molecule has 0 unspecified atom stereocenters. The van der Waals surface area contributed by atoms with Crippen molar-refractivity contribution in [2.75, 3.05) is 19.7 Å². The van der Waals surface area contributed by atoms with Crippen molar-refractivity contribution in [3.05, 3.63) is 53.4 Å². The van der Waals surface area contributed by atoms with Crippen LogP contribution < -0.4 is 15.8 Å². The largest absolute Gasteiger partial charge is 0.476 e. The number of nitrogens with zero attached hydrogens (tertiary/aromatic N) is 3. The lowest BCUT2D eigenvalue weighted by molar-refractivity contribution is 0.310. The third-order valence-electron chi connectivity index (χ3n) is 2.73. The summed E-state index contributed by atoms with van der Waals surface area (Å²) in [7, 11) is 0. The van der Waals surface area contributed by atoms with Crippen LogP contribution in [0.25, 0.3) is 0 Å². The van der Waals surface area contributed by atoms with Crippen LogP contribution in [0.3, 0.4) is 0 Å². The smallest absolute Gasteiger partial charge is 0.213 e. The second-order valence-corrected chi connectivity index (χ2v) is 4.86. The molecule has 0 aromatic carbocycles. The van der Waals surface area contributed by atoms with E-state index in [1.807, 2.05) is 18.2 Å². The highest BCUT2D eigenvalue weighted by molar-refractivity contribution is 6.30. The summed E-state index contributed by atoms with van der Waals surface area (Å²) in [6, 6.07) is 9.25. The van der Waals surface area contributed by atoms with Gasteiger partial charge in [-0.3, -0.25) is 9.98 Å². The zero-order valence-corrected chi connectivity index (χ0v) is 12.8. The van der Waals surface area contributed by atoms with Crippen molar-refractivity contribution in [3.8, 4) is 5.88 Å². The Kier molecular flexibility index (Phi) is 6.44. The molecule has 0 spiro atoms. The van der Waals surface area contributed by atoms with Gasteiger partial charge in [0.15, 0.2) is 5.96 Å². The number of aliphatic imine (C=N–C) groups is 1. The Morgan fingerprint density at radius 2 is 2.18 bits per heavy atom. The summed E-state index contributed by atoms with van der Waals surface area (Å²) in [5.41, 5.74) is 6.76. The van der Waals surface area contributed by atoms with Gasteiger partial charge in [0.1, 0.15) is 6.61 Å². The standard InChI is InChI=1S/C15H18ClN5O/c16-12-4-5-14(21-11-12)22-10-9-20-15(17)19-8-6-13-3-1-2-7-18-13/h1-5,7,11H,6,8-10H2,(H3,17,19,20). The predicted octanol–water partition coefficient (Wildman–Crippen LogP) is 1.66. The second kappa shape index (κ2) is 8.84. The first-order valence-electron chi connectivity index (χ1n) is 6.92. The molecule has 2 rings (SSSR count). The summed E-state index contributed by atoms with van der Waals surface area (Å²) >= 11 is 5.74. The highest BCUT2D eigenvalue weighted by Crippen LogP contribution is 2.10. The molecule has 2 aromatic rings. The fourth-order valence-corrected chi connectivity index (χ4v) is 1.79. The highest BCUT2D eigenvalue weighted by atomic mass is 35.5. The topological polar surface area (TPSA) is 85.4 Å². The predicted molar refractivity (Wildman–Crippen MR) is 87.2 cm³/mol. The molecule has 0 saturated carbocycles. The Morgan fingerprint density at radius 1 is 1.27 bits per heavy atom. The Morgan fingerprint density at radius 3 is 2.91 bits per heavy atom. The van der Waals surface area contributed by atoms with Gasteiger partial charge in [-0.25, -0.2) is 4.98 Å². The van der Waals surface area contributed by atoms with E-state index in [0.717, 1.165) is 12.1 Å². The molecule has 0 aliphatic carbocycles. The lowest BCUT2D eigenvalue weighted by Gasteiger charge is -2.07. The van der Waals surface area contributed by atoms with Crippen molar-refractivity contribution < 1.29 is 4.74 Å². The molecule has 2 heterocycles. The van der Waals surface area contributed by atoms with Crippen LogP contribution in [0, 0.1) is 0 Å². The van der Waals surface area contributed by atoms with Crippen LogP contribution in [0.15, 0.2) is 47.7 Å². The van der Waals surface area contributed by atoms with E-state index in [1.165, 1.54) is 6.20 Å². The molecule has 0 aliphatic heterocycles. The molecule has 0 atom stereocenters. The first-order valence-corrected chi connectivity index (χ1v) is 7.30. The van der Waals surface area contributed by atoms with E-state index >= 15 is 0 Å². The van der Waals surface area contributed by atoms with Gasteiger partial charge in [-0.05, 0) is 18.2 Å². The van der Waals surface area contributed by atoms with Crippen molar-refractivity contribution in [2.24, 2.45) is 10.7 Å². The summed E-state index contributed by atoms with van der Waals surface area (Å²) < 4.78 is 5.43. The van der Waals surface area contributed by atoms with E-state index < -0.39 is 0 Å². The molecule has 2 aromatic heterocycles. The van der Waals surface area contributed by atoms with Gasteiger partial charge >= 0.3 is 0 Å². The molecule has 6 nitrogen and oxygen atoms in total. The fourth-order valence-electron chi connectivity index (χ4n) is 1.68. The van der Waals surface area contributed by atoms with Gasteiger partial charge in [-0.15, -0.1) is 0 Å². The van der Waals surface area contributed by atoms with Gasteiger partial charge in [0, 0.05) is 37.1 Å². The summed E-state index contributed by atoms with van der Waals surface area (Å²) in [6.07, 6.45) is 4.06. The number of rotatable bonds is 7. The van der Waals surface area contributed by atoms with Crippen molar-refractivity contribution in [1.82, 2.24) is 15.3 Å². The lowest BCUT2D eigenvalue weighted by Crippen LogP contribution is -2.35. The van der Waals surface area contributed by atoms with Gasteiger partial charge in [-0.2, -0.15) is 0 Å². The van der Waals surface area contributed by atoms with E-state index in [-0.39, 0.29) is 0 Å². The fraction of sp³-hybridized carbons (Fsp3) is 0.267. The van der Waals surface area contributed by atoms with Crippen LogP contribution in [0.5, 0.6) is 5.88 Å². The molecule has 116 valence electrons. The van der Waals surface area contributed by atoms with E-state index in [0.29, 0.717) is 36.6 Å². The Balaban J connectivity index is 1.61. The van der Waals surface area contributed by atoms with Crippen LogP contribution in [-0.4, -0.2) is 35.6 Å². The average Bonchev–Trinajstić information content (AvgIpc) is 2.54. The van der Waals surface area contributed by atoms with Gasteiger partial charge in [0.25, 0.3) is 0 Å². The second-order valence-electron chi connectivity index (χ2n) is 4.43. The molecule has 22 heavy (non-hydrogen) atoms. The molecule has 0 radical (unpaired) electrons. The molecule has 3 N–H and O–H groups in total. The van der Waals surface area contributed by atoms with Crippen LogP contribution in [0.4, 0.5) is 0 Å². The maximum absolute atomic E-state index is 5.77. The molecular weight excluding hydrogens is 302 g/mol. The number of guanidine groups is 1. The quantitative estimate of drug-likeness (QED) is 0.460. The molecule has 0 fully saturated rings. The van der Waals surface area contributed by atoms with Crippen molar-refractivity contribution in [3.63, 3.8) is 0 Å². The first-order chi connectivity index (χ1) is 10.7. The number of hydrogen-bond donors (Lipinski definition) is 2. The van der Waals surface area contributed by atoms with Crippen molar-refractivity contribution >= 4 is 17.6 Å². The van der Waals surface area contributed by atoms with E-state index in [9.17, 15) is 0 Å². The van der Waals surface area contributed by atoms with Crippen LogP contribution >= 0.6 is 11.6 Å². The van der Waals surface area contributed by atoms with E-state index in [4.69, 9.17) is 22.1 Å². The molecule has 0 aliphatic rings. The lowest BCUT2D eigenvalue weighted by atomic mass is 10.3. The number of hydrogen-bond acceptors (Lipinski definition) is 4. The summed E-state index contributed by atoms with van der Waals surface area (Å²) in [6.45, 7) is 1.57. The maximum atomic E-state index is 5.77. The third kappa shape index (κ3) is 5.97. The number of nitrogens with one attached hydrogen (secondary N) is 1. The van der Waals surface area contributed by atoms with E-state index in [1.54, 1.807) is 18.3 Å². The minimum Gasteiger partial charge on any atom is -0.476 e. The van der Waals surface area contributed by atoms with Crippen molar-refractivity contribution in [2.45, 2.75) is 6.42 Å². The minimum atomic E-state index is 0.392. The highest BCUT2D eigenvalue weighted by Gasteiger charge is 1.97. The third-order valence-corrected chi connectivity index (χ3v) is 2.96. The van der Waals surface area contributed by atoms with Gasteiger partial charge in [0.05, 0.1) is 11.6 Å². The Labute approximate surface area is 134 Å². The van der Waals surface area contributed by atoms with Gasteiger partial charge < -0.3 is 15.8 Å². The number of ether oxygens (including phenoxy) is 1. The zero-order valence-electron chi connectivity index (χ0n) is 12.1. The van der Waals surface area contributed by atoms with Crippen molar-refractivity contribution in [1.29, 1.82) is 0 Å². The number of aromatic nitrogens is 2. The average molecular weight is 320 g/mol. The summed E-state index contributed by atoms with van der Waals surface area (Å²) in [4.78, 5) is 12.5. The monoisotopic (exact) mass is 319 g/mol. The number of nitrogens with two attached hydrogens (primary N) is 1. The van der Waals surface area contributed by atoms with Crippen LogP contribution in [-0.2, 0) is 6.42 Å².